The molecule has 2 aliphatic rings. The summed E-state index contributed by atoms with van der Waals surface area (Å²) in [6.07, 6.45) is 9.68. The van der Waals surface area contributed by atoms with Crippen molar-refractivity contribution in [1.29, 1.82) is 0 Å². The Morgan fingerprint density at radius 2 is 2.00 bits per heavy atom. The molecule has 2 saturated heterocycles. The maximum atomic E-state index is 12.8. The van der Waals surface area contributed by atoms with Gasteiger partial charge in [-0.15, -0.1) is 0 Å². The van der Waals surface area contributed by atoms with Gasteiger partial charge in [-0.2, -0.15) is 5.10 Å². The molecule has 0 aliphatic carbocycles. The molecule has 4 heterocycles. The van der Waals surface area contributed by atoms with Crippen LogP contribution in [0, 0.1) is 5.92 Å². The van der Waals surface area contributed by atoms with E-state index >= 15 is 0 Å². The van der Waals surface area contributed by atoms with Crippen LogP contribution < -0.4 is 5.32 Å². The third-order valence-corrected chi connectivity index (χ3v) is 5.67. The third-order valence-electron chi connectivity index (χ3n) is 5.67. The average molecular weight is 396 g/mol. The van der Waals surface area contributed by atoms with E-state index in [4.69, 9.17) is 0 Å². The van der Waals surface area contributed by atoms with E-state index < -0.39 is 0 Å². The lowest BCUT2D eigenvalue weighted by Crippen LogP contribution is -2.44. The Kier molecular flexibility index (Phi) is 6.19. The maximum absolute atomic E-state index is 12.8. The van der Waals surface area contributed by atoms with E-state index in [0.717, 1.165) is 26.1 Å². The first-order valence-corrected chi connectivity index (χ1v) is 10.4. The summed E-state index contributed by atoms with van der Waals surface area (Å²) in [6.45, 7) is 5.35. The molecule has 2 fully saturated rings. The molecule has 0 saturated carbocycles. The number of nitrogens with zero attached hydrogens (tertiary/aromatic N) is 5. The van der Waals surface area contributed by atoms with Crippen molar-refractivity contribution in [3.8, 4) is 0 Å². The number of nitrogens with one attached hydrogen (secondary N) is 1. The molecular formula is C21H28N6O2. The summed E-state index contributed by atoms with van der Waals surface area (Å²) in [5, 5.41) is 6.99. The van der Waals surface area contributed by atoms with Crippen molar-refractivity contribution in [2.45, 2.75) is 32.2 Å². The first kappa shape index (κ1) is 19.6. The third kappa shape index (κ3) is 5.20. The van der Waals surface area contributed by atoms with Crippen LogP contribution in [-0.2, 0) is 11.3 Å². The van der Waals surface area contributed by atoms with E-state index in [9.17, 15) is 9.59 Å². The highest BCUT2D eigenvalue weighted by molar-refractivity contribution is 6.02. The van der Waals surface area contributed by atoms with Crippen LogP contribution in [0.25, 0.3) is 0 Å². The van der Waals surface area contributed by atoms with Gasteiger partial charge in [0.2, 0.25) is 5.91 Å². The Bertz CT molecular complexity index is 831. The van der Waals surface area contributed by atoms with Crippen LogP contribution >= 0.6 is 0 Å². The molecule has 8 nitrogen and oxygen atoms in total. The molecule has 2 aliphatic heterocycles. The molecule has 2 aromatic heterocycles. The fraction of sp³-hybridized carbons (Fsp3) is 0.524. The van der Waals surface area contributed by atoms with Crippen LogP contribution in [0.15, 0.2) is 36.8 Å². The lowest BCUT2D eigenvalue weighted by Gasteiger charge is -2.34. The van der Waals surface area contributed by atoms with Crippen LogP contribution in [-0.4, -0.2) is 69.1 Å². The van der Waals surface area contributed by atoms with Gasteiger partial charge in [0.05, 0.1) is 11.9 Å². The molecule has 2 aromatic rings. The van der Waals surface area contributed by atoms with Crippen molar-refractivity contribution in [2.75, 3.05) is 38.0 Å². The van der Waals surface area contributed by atoms with Gasteiger partial charge in [0.15, 0.2) is 0 Å². The molecule has 0 spiro atoms. The summed E-state index contributed by atoms with van der Waals surface area (Å²) >= 11 is 0. The van der Waals surface area contributed by atoms with Crippen LogP contribution in [0.2, 0.25) is 0 Å². The highest BCUT2D eigenvalue weighted by Gasteiger charge is 2.26. The van der Waals surface area contributed by atoms with Crippen molar-refractivity contribution >= 4 is 17.5 Å². The molecule has 0 radical (unpaired) electrons. The Balaban J connectivity index is 1.28. The van der Waals surface area contributed by atoms with Crippen LogP contribution in [0.4, 0.5) is 5.69 Å². The van der Waals surface area contributed by atoms with Crippen molar-refractivity contribution in [3.05, 3.63) is 42.5 Å². The van der Waals surface area contributed by atoms with E-state index in [2.05, 4.69) is 20.3 Å². The van der Waals surface area contributed by atoms with Crippen molar-refractivity contribution in [2.24, 2.45) is 5.92 Å². The summed E-state index contributed by atoms with van der Waals surface area (Å²) in [7, 11) is 0. The van der Waals surface area contributed by atoms with Gasteiger partial charge < -0.3 is 15.1 Å². The Labute approximate surface area is 170 Å². The number of anilines is 1. The lowest BCUT2D eigenvalue weighted by molar-refractivity contribution is -0.134. The molecule has 29 heavy (non-hydrogen) atoms. The molecule has 4 rings (SSSR count). The summed E-state index contributed by atoms with van der Waals surface area (Å²) in [5.74, 6) is 0.357. The molecule has 1 N–H and O–H groups in total. The highest BCUT2D eigenvalue weighted by Crippen LogP contribution is 2.20. The number of aromatic nitrogens is 3. The first-order valence-electron chi connectivity index (χ1n) is 10.4. The standard InChI is InChI=1S/C21H28N6O2/c28-20(26-11-5-6-17(14-26)13-25-9-3-4-10-25)16-27-15-18(12-23-27)24-21(29)19-7-1-2-8-22-19/h1-2,7-8,12,15,17H,3-6,9-11,13-14,16H2,(H,24,29)/t17-/m1/s1. The average Bonchev–Trinajstić information content (AvgIpc) is 3.41. The van der Waals surface area contributed by atoms with Crippen molar-refractivity contribution in [3.63, 3.8) is 0 Å². The zero-order valence-electron chi connectivity index (χ0n) is 16.7. The Morgan fingerprint density at radius 3 is 2.79 bits per heavy atom. The number of carbonyl (C=O) groups is 2. The number of likely N-dealkylation sites (tertiary alicyclic amines) is 2. The second-order valence-electron chi connectivity index (χ2n) is 7.95. The molecule has 0 bridgehead atoms. The van der Waals surface area contributed by atoms with E-state index in [-0.39, 0.29) is 18.4 Å². The van der Waals surface area contributed by atoms with E-state index in [0.29, 0.717) is 17.3 Å². The smallest absolute Gasteiger partial charge is 0.274 e. The summed E-state index contributed by atoms with van der Waals surface area (Å²) in [6, 6.07) is 5.18. The quantitative estimate of drug-likeness (QED) is 0.806. The summed E-state index contributed by atoms with van der Waals surface area (Å²) < 4.78 is 1.58. The van der Waals surface area contributed by atoms with Crippen molar-refractivity contribution in [1.82, 2.24) is 24.6 Å². The minimum Gasteiger partial charge on any atom is -0.341 e. The number of hydrogen-bond acceptors (Lipinski definition) is 5. The van der Waals surface area contributed by atoms with E-state index in [1.807, 2.05) is 4.90 Å². The Hall–Kier alpha value is -2.74. The monoisotopic (exact) mass is 396 g/mol. The number of carbonyl (C=O) groups excluding carboxylic acids is 2. The van der Waals surface area contributed by atoms with Crippen LogP contribution in [0.1, 0.15) is 36.2 Å². The second-order valence-corrected chi connectivity index (χ2v) is 7.95. The minimum atomic E-state index is -0.294. The molecule has 8 heteroatoms. The van der Waals surface area contributed by atoms with Gasteiger partial charge in [-0.3, -0.25) is 19.3 Å². The van der Waals surface area contributed by atoms with E-state index in [1.165, 1.54) is 32.4 Å². The van der Waals surface area contributed by atoms with Crippen LogP contribution in [0.5, 0.6) is 0 Å². The largest absolute Gasteiger partial charge is 0.341 e. The molecular weight excluding hydrogens is 368 g/mol. The number of hydrogen-bond donors (Lipinski definition) is 1. The number of pyridine rings is 1. The minimum absolute atomic E-state index is 0.0850. The normalized spacial score (nSPS) is 20.0. The zero-order valence-corrected chi connectivity index (χ0v) is 16.7. The fourth-order valence-corrected chi connectivity index (χ4v) is 4.22. The van der Waals surface area contributed by atoms with Gasteiger partial charge in [0, 0.05) is 32.0 Å². The Morgan fingerprint density at radius 1 is 1.14 bits per heavy atom. The predicted molar refractivity (Wildman–Crippen MR) is 109 cm³/mol. The summed E-state index contributed by atoms with van der Waals surface area (Å²) in [4.78, 5) is 33.5. The topological polar surface area (TPSA) is 83.4 Å². The lowest BCUT2D eigenvalue weighted by atomic mass is 9.97. The summed E-state index contributed by atoms with van der Waals surface area (Å²) in [5.41, 5.74) is 0.896. The van der Waals surface area contributed by atoms with Gasteiger partial charge in [-0.05, 0) is 56.8 Å². The van der Waals surface area contributed by atoms with E-state index in [1.54, 1.807) is 41.5 Å². The van der Waals surface area contributed by atoms with Crippen molar-refractivity contribution < 1.29 is 9.59 Å². The highest BCUT2D eigenvalue weighted by atomic mass is 16.2. The first-order chi connectivity index (χ1) is 14.2. The van der Waals surface area contributed by atoms with Crippen LogP contribution in [0.3, 0.4) is 0 Å². The number of piperidine rings is 1. The molecule has 2 amide bonds. The molecule has 154 valence electrons. The van der Waals surface area contributed by atoms with Gasteiger partial charge in [0.1, 0.15) is 12.2 Å². The fourth-order valence-electron chi connectivity index (χ4n) is 4.22. The van der Waals surface area contributed by atoms with Gasteiger partial charge in [-0.25, -0.2) is 0 Å². The molecule has 0 aromatic carbocycles. The number of amides is 2. The van der Waals surface area contributed by atoms with Gasteiger partial charge in [-0.1, -0.05) is 6.07 Å². The predicted octanol–water partition coefficient (Wildman–Crippen LogP) is 1.86. The second kappa shape index (κ2) is 9.17. The van der Waals surface area contributed by atoms with Gasteiger partial charge >= 0.3 is 0 Å². The van der Waals surface area contributed by atoms with Gasteiger partial charge in [0.25, 0.3) is 5.91 Å². The SMILES string of the molecule is O=C(Nc1cnn(CC(=O)N2CCC[C@H](CN3CCCC3)C2)c1)c1ccccn1. The number of rotatable bonds is 6. The molecule has 1 atom stereocenters. The zero-order chi connectivity index (χ0) is 20.1. The maximum Gasteiger partial charge on any atom is 0.274 e. The molecule has 0 unspecified atom stereocenters.